The largest absolute Gasteiger partial charge is 0.297 e. The summed E-state index contributed by atoms with van der Waals surface area (Å²) in [4.78, 5) is 9.46. The first-order chi connectivity index (χ1) is 2.27. The van der Waals surface area contributed by atoms with Crippen LogP contribution in [-0.4, -0.2) is 12.7 Å². The van der Waals surface area contributed by atoms with Crippen LogP contribution in [0.25, 0.3) is 0 Å². The van der Waals surface area contributed by atoms with Gasteiger partial charge in [-0.1, -0.05) is 0 Å². The molecule has 0 bridgehead atoms. The first-order valence-electron chi connectivity index (χ1n) is 1.14. The monoisotopic (exact) mass is 108 g/mol. The average Bonchev–Trinajstić information content (AvgIpc) is 1.38. The highest BCUT2D eigenvalue weighted by molar-refractivity contribution is 8.49. The van der Waals surface area contributed by atoms with Gasteiger partial charge in [-0.15, -0.1) is 12.2 Å². The second-order valence-electron chi connectivity index (χ2n) is 0.679. The minimum Gasteiger partial charge on any atom is -0.297 e. The highest BCUT2D eigenvalue weighted by atomic mass is 32.7. The Kier molecular flexibility index (Phi) is 2.92. The van der Waals surface area contributed by atoms with E-state index in [-0.39, 0.29) is 0 Å². The van der Waals surface area contributed by atoms with Gasteiger partial charge in [-0.2, -0.15) is 0 Å². The first-order valence-corrected chi connectivity index (χ1v) is 4.15. The van der Waals surface area contributed by atoms with E-state index in [0.29, 0.717) is 0 Å². The van der Waals surface area contributed by atoms with Crippen molar-refractivity contribution in [1.29, 1.82) is 0 Å². The summed E-state index contributed by atoms with van der Waals surface area (Å²) >= 11 is 3.79. The lowest BCUT2D eigenvalue weighted by Crippen LogP contribution is -1.51. The quantitative estimate of drug-likeness (QED) is 0.303. The summed E-state index contributed by atoms with van der Waals surface area (Å²) in [6, 6.07) is 0.846. The summed E-state index contributed by atoms with van der Waals surface area (Å²) in [5.41, 5.74) is 0. The SMILES string of the molecule is CP(S)C=O. The minimum atomic E-state index is -0.584. The van der Waals surface area contributed by atoms with E-state index in [1.165, 1.54) is 0 Å². The number of rotatable bonds is 1. The Morgan fingerprint density at radius 2 is 2.20 bits per heavy atom. The molecule has 0 aromatic carbocycles. The van der Waals surface area contributed by atoms with Crippen molar-refractivity contribution in [2.24, 2.45) is 0 Å². The lowest BCUT2D eigenvalue weighted by Gasteiger charge is -1.79. The van der Waals surface area contributed by atoms with Crippen molar-refractivity contribution in [2.75, 3.05) is 6.66 Å². The maximum Gasteiger partial charge on any atom is 0.151 e. The Hall–Kier alpha value is 0.450. The van der Waals surface area contributed by atoms with Crippen LogP contribution >= 0.6 is 19.4 Å². The van der Waals surface area contributed by atoms with Gasteiger partial charge in [-0.05, 0) is 6.66 Å². The van der Waals surface area contributed by atoms with Gasteiger partial charge in [-0.3, -0.25) is 4.79 Å². The zero-order valence-corrected chi connectivity index (χ0v) is 4.67. The third-order valence-corrected chi connectivity index (χ3v) is 0.740. The smallest absolute Gasteiger partial charge is 0.151 e. The molecule has 0 aromatic rings. The third kappa shape index (κ3) is 4.45. The van der Waals surface area contributed by atoms with E-state index in [9.17, 15) is 4.79 Å². The summed E-state index contributed by atoms with van der Waals surface area (Å²) in [6.07, 6.45) is 0. The van der Waals surface area contributed by atoms with Gasteiger partial charge < -0.3 is 0 Å². The Morgan fingerprint density at radius 3 is 2.20 bits per heavy atom. The lowest BCUT2D eigenvalue weighted by molar-refractivity contribution is 0.569. The van der Waals surface area contributed by atoms with Crippen molar-refractivity contribution in [3.8, 4) is 0 Å². The van der Waals surface area contributed by atoms with Crippen LogP contribution in [0.1, 0.15) is 0 Å². The summed E-state index contributed by atoms with van der Waals surface area (Å²) < 4.78 is 0. The first kappa shape index (κ1) is 5.45. The molecule has 0 aliphatic carbocycles. The molecule has 1 unspecified atom stereocenters. The molecule has 0 saturated heterocycles. The van der Waals surface area contributed by atoms with Gasteiger partial charge in [-0.25, -0.2) is 0 Å². The molecule has 0 heterocycles. The van der Waals surface area contributed by atoms with E-state index >= 15 is 0 Å². The molecule has 0 N–H and O–H groups in total. The van der Waals surface area contributed by atoms with Gasteiger partial charge >= 0.3 is 0 Å². The lowest BCUT2D eigenvalue weighted by atomic mass is 11.8. The van der Waals surface area contributed by atoms with Crippen LogP contribution in [0, 0.1) is 0 Å². The predicted octanol–water partition coefficient (Wildman–Crippen LogP) is 1.13. The maximum atomic E-state index is 9.46. The molecule has 1 atom stereocenters. The highest BCUT2D eigenvalue weighted by Crippen LogP contribution is 2.29. The van der Waals surface area contributed by atoms with Gasteiger partial charge in [0, 0.05) is 7.12 Å². The molecule has 0 saturated carbocycles. The number of hydrogen-bond donors (Lipinski definition) is 1. The number of hydrogen-bond acceptors (Lipinski definition) is 2. The van der Waals surface area contributed by atoms with Crippen LogP contribution in [0.2, 0.25) is 0 Å². The predicted molar refractivity (Wildman–Crippen MR) is 28.6 cm³/mol. The van der Waals surface area contributed by atoms with E-state index in [1.807, 2.05) is 0 Å². The van der Waals surface area contributed by atoms with Crippen molar-refractivity contribution in [3.63, 3.8) is 0 Å². The van der Waals surface area contributed by atoms with Crippen molar-refractivity contribution < 1.29 is 4.79 Å². The maximum absolute atomic E-state index is 9.46. The topological polar surface area (TPSA) is 17.1 Å². The number of carbonyl (C=O) groups is 1. The second-order valence-corrected chi connectivity index (χ2v) is 3.93. The van der Waals surface area contributed by atoms with Crippen LogP contribution in [0.3, 0.4) is 0 Å². The Bertz CT molecular complexity index is 36.6. The normalized spacial score (nSPS) is 14.0. The average molecular weight is 108 g/mol. The summed E-state index contributed by atoms with van der Waals surface area (Å²) in [5.74, 6) is 0. The Balaban J connectivity index is 2.83. The second kappa shape index (κ2) is 2.67. The fraction of sp³-hybridized carbons (Fsp3) is 0.500. The van der Waals surface area contributed by atoms with Crippen LogP contribution in [-0.2, 0) is 4.79 Å². The molecule has 1 nitrogen and oxygen atoms in total. The molecule has 0 radical (unpaired) electrons. The molecular weight excluding hydrogens is 103 g/mol. The Labute approximate surface area is 37.7 Å². The van der Waals surface area contributed by atoms with Crippen molar-refractivity contribution in [2.45, 2.75) is 0 Å². The standard InChI is InChI=1S/C2H5OPS/c1-4(5)2-3/h2,5H,1H3. The van der Waals surface area contributed by atoms with Gasteiger partial charge in [0.15, 0.2) is 6.03 Å². The Morgan fingerprint density at radius 1 is 2.00 bits per heavy atom. The van der Waals surface area contributed by atoms with E-state index in [1.54, 1.807) is 6.66 Å². The van der Waals surface area contributed by atoms with Crippen LogP contribution in [0.5, 0.6) is 0 Å². The van der Waals surface area contributed by atoms with Gasteiger partial charge in [0.1, 0.15) is 0 Å². The fourth-order valence-corrected chi connectivity index (χ4v) is 0. The molecular formula is C2H5OPS. The van der Waals surface area contributed by atoms with Crippen LogP contribution < -0.4 is 0 Å². The summed E-state index contributed by atoms with van der Waals surface area (Å²) in [5, 5.41) is 0. The molecule has 0 amide bonds. The van der Waals surface area contributed by atoms with Gasteiger partial charge in [0.2, 0.25) is 0 Å². The molecule has 0 aliphatic rings. The van der Waals surface area contributed by atoms with Gasteiger partial charge in [0.05, 0.1) is 0 Å². The zero-order valence-electron chi connectivity index (χ0n) is 2.88. The molecule has 30 valence electrons. The van der Waals surface area contributed by atoms with Crippen LogP contribution in [0.15, 0.2) is 0 Å². The molecule has 0 aliphatic heterocycles. The number of carbonyl (C=O) groups excluding carboxylic acids is 1. The van der Waals surface area contributed by atoms with Crippen molar-refractivity contribution in [3.05, 3.63) is 0 Å². The fourth-order valence-electron chi connectivity index (χ4n) is 0. The van der Waals surface area contributed by atoms with Crippen LogP contribution in [0.4, 0.5) is 0 Å². The van der Waals surface area contributed by atoms with E-state index < -0.39 is 7.12 Å². The summed E-state index contributed by atoms with van der Waals surface area (Å²) in [6.45, 7) is 1.78. The summed E-state index contributed by atoms with van der Waals surface area (Å²) in [7, 11) is -0.584. The van der Waals surface area contributed by atoms with Gasteiger partial charge in [0.25, 0.3) is 0 Å². The minimum absolute atomic E-state index is 0.584. The van der Waals surface area contributed by atoms with E-state index in [0.717, 1.165) is 6.03 Å². The molecule has 0 spiro atoms. The van der Waals surface area contributed by atoms with E-state index in [4.69, 9.17) is 0 Å². The zero-order chi connectivity index (χ0) is 4.28. The molecule has 0 rings (SSSR count). The van der Waals surface area contributed by atoms with E-state index in [2.05, 4.69) is 12.2 Å². The van der Waals surface area contributed by atoms with Crippen molar-refractivity contribution in [1.82, 2.24) is 0 Å². The number of thiol groups is 1. The van der Waals surface area contributed by atoms with Crippen molar-refractivity contribution >= 4 is 25.4 Å². The molecule has 0 fully saturated rings. The highest BCUT2D eigenvalue weighted by Gasteiger charge is 1.79. The molecule has 0 aromatic heterocycles. The molecule has 3 heteroatoms. The third-order valence-electron chi connectivity index (χ3n) is 0.153. The molecule has 5 heavy (non-hydrogen) atoms.